The minimum Gasteiger partial charge on any atom is -0.507 e. The molecule has 0 bridgehead atoms. The standard InChI is InChI=1S/C44H33NO/c1-3-15-35-37-28-30(25-27-41(37)45(40(35)4-2)34-20-12-7-13-21-34)31-24-26-36-39(29-31)44(32-16-8-5-9-17-32,33-18-10-6-11-19-33)38-22-14-23-42(46)43(36)38/h3-29,46H,2H2,1H3/b15-3-. The minimum absolute atomic E-state index is 0.303. The van der Waals surface area contributed by atoms with Gasteiger partial charge in [-0.15, -0.1) is 0 Å². The van der Waals surface area contributed by atoms with Crippen molar-refractivity contribution in [2.24, 2.45) is 0 Å². The molecule has 6 aromatic carbocycles. The third kappa shape index (κ3) is 3.97. The second-order valence-corrected chi connectivity index (χ2v) is 11.8. The highest BCUT2D eigenvalue weighted by atomic mass is 16.3. The Balaban J connectivity index is 1.41. The number of allylic oxidation sites excluding steroid dienone is 1. The van der Waals surface area contributed by atoms with Gasteiger partial charge in [-0.25, -0.2) is 0 Å². The van der Waals surface area contributed by atoms with Crippen LogP contribution in [0.3, 0.4) is 0 Å². The number of phenolic OH excluding ortho intramolecular Hbond substituents is 1. The molecule has 220 valence electrons. The van der Waals surface area contributed by atoms with Gasteiger partial charge >= 0.3 is 0 Å². The van der Waals surface area contributed by atoms with Gasteiger partial charge in [0.1, 0.15) is 5.75 Å². The quantitative estimate of drug-likeness (QED) is 0.204. The topological polar surface area (TPSA) is 25.2 Å². The molecular formula is C44H33NO. The van der Waals surface area contributed by atoms with E-state index in [0.717, 1.165) is 50.3 Å². The van der Waals surface area contributed by atoms with Gasteiger partial charge in [-0.3, -0.25) is 0 Å². The Morgan fingerprint density at radius 3 is 1.93 bits per heavy atom. The Labute approximate surface area is 269 Å². The number of fused-ring (bicyclic) bond motifs is 4. The maximum absolute atomic E-state index is 11.3. The van der Waals surface area contributed by atoms with Gasteiger partial charge in [0, 0.05) is 22.2 Å². The molecule has 0 spiro atoms. The summed E-state index contributed by atoms with van der Waals surface area (Å²) in [4.78, 5) is 0. The molecule has 1 aliphatic rings. The number of para-hydroxylation sites is 1. The van der Waals surface area contributed by atoms with Crippen LogP contribution in [0.25, 0.3) is 51.0 Å². The summed E-state index contributed by atoms with van der Waals surface area (Å²) in [6.45, 7) is 6.26. The molecule has 0 aliphatic heterocycles. The average Bonchev–Trinajstić information content (AvgIpc) is 3.59. The van der Waals surface area contributed by atoms with Crippen LogP contribution in [0.5, 0.6) is 5.75 Å². The second kappa shape index (κ2) is 10.9. The lowest BCUT2D eigenvalue weighted by Crippen LogP contribution is -2.28. The summed E-state index contributed by atoms with van der Waals surface area (Å²) in [6.07, 6.45) is 6.23. The molecule has 2 heteroatoms. The van der Waals surface area contributed by atoms with Crippen molar-refractivity contribution in [1.82, 2.24) is 4.57 Å². The molecule has 0 unspecified atom stereocenters. The molecular weight excluding hydrogens is 558 g/mol. The van der Waals surface area contributed by atoms with Crippen molar-refractivity contribution >= 4 is 23.1 Å². The van der Waals surface area contributed by atoms with Crippen LogP contribution in [0.1, 0.15) is 40.4 Å². The van der Waals surface area contributed by atoms with Gasteiger partial charge in [0.05, 0.1) is 16.6 Å². The summed E-state index contributed by atoms with van der Waals surface area (Å²) >= 11 is 0. The van der Waals surface area contributed by atoms with Crippen molar-refractivity contribution in [3.05, 3.63) is 192 Å². The van der Waals surface area contributed by atoms with Crippen molar-refractivity contribution in [3.63, 3.8) is 0 Å². The number of aromatic hydroxyl groups is 1. The summed E-state index contributed by atoms with van der Waals surface area (Å²) in [5.74, 6) is 0.303. The fourth-order valence-electron chi connectivity index (χ4n) is 7.61. The predicted molar refractivity (Wildman–Crippen MR) is 192 cm³/mol. The first-order valence-corrected chi connectivity index (χ1v) is 15.7. The van der Waals surface area contributed by atoms with Gasteiger partial charge in [-0.2, -0.15) is 0 Å². The summed E-state index contributed by atoms with van der Waals surface area (Å²) in [5.41, 5.74) is 12.7. The zero-order valence-corrected chi connectivity index (χ0v) is 25.7. The molecule has 0 saturated heterocycles. The molecule has 0 atom stereocenters. The van der Waals surface area contributed by atoms with Crippen LogP contribution in [0, 0.1) is 0 Å². The Morgan fingerprint density at radius 1 is 0.652 bits per heavy atom. The van der Waals surface area contributed by atoms with Crippen LogP contribution in [0.15, 0.2) is 158 Å². The fourth-order valence-corrected chi connectivity index (χ4v) is 7.61. The molecule has 0 saturated carbocycles. The molecule has 0 fully saturated rings. The number of nitrogens with zero attached hydrogens (tertiary/aromatic N) is 1. The minimum atomic E-state index is -0.588. The third-order valence-corrected chi connectivity index (χ3v) is 9.47. The van der Waals surface area contributed by atoms with Crippen molar-refractivity contribution in [2.45, 2.75) is 12.3 Å². The van der Waals surface area contributed by atoms with E-state index in [0.29, 0.717) is 5.75 Å². The average molecular weight is 592 g/mol. The maximum Gasteiger partial charge on any atom is 0.123 e. The number of benzene rings is 6. The van der Waals surface area contributed by atoms with Gasteiger partial charge < -0.3 is 9.67 Å². The van der Waals surface area contributed by atoms with Crippen molar-refractivity contribution in [3.8, 4) is 33.7 Å². The van der Waals surface area contributed by atoms with E-state index in [-0.39, 0.29) is 0 Å². The van der Waals surface area contributed by atoms with Gasteiger partial charge in [-0.1, -0.05) is 128 Å². The first-order valence-electron chi connectivity index (χ1n) is 15.7. The molecule has 1 aliphatic carbocycles. The normalized spacial score (nSPS) is 13.2. The lowest BCUT2D eigenvalue weighted by atomic mass is 9.67. The third-order valence-electron chi connectivity index (χ3n) is 9.47. The fraction of sp³-hybridized carbons (Fsp3) is 0.0455. The SMILES string of the molecule is C=Cc1c(/C=C\C)c2cc(-c3ccc4c(c3)C(c3ccccc3)(c3ccccc3)c3cccc(O)c3-4)ccc2n1-c1ccccc1. The number of phenols is 1. The maximum atomic E-state index is 11.3. The number of rotatable bonds is 6. The highest BCUT2D eigenvalue weighted by Gasteiger charge is 2.47. The number of hydrogen-bond donors (Lipinski definition) is 1. The first-order chi connectivity index (χ1) is 22.7. The number of hydrogen-bond acceptors (Lipinski definition) is 1. The molecule has 2 nitrogen and oxygen atoms in total. The second-order valence-electron chi connectivity index (χ2n) is 11.8. The highest BCUT2D eigenvalue weighted by molar-refractivity contribution is 5.98. The Kier molecular flexibility index (Phi) is 6.58. The van der Waals surface area contributed by atoms with E-state index < -0.39 is 5.41 Å². The van der Waals surface area contributed by atoms with E-state index in [2.05, 4.69) is 158 Å². The first kappa shape index (κ1) is 27.7. The molecule has 7 aromatic rings. The zero-order chi connectivity index (χ0) is 31.3. The molecule has 46 heavy (non-hydrogen) atoms. The van der Waals surface area contributed by atoms with Crippen molar-refractivity contribution < 1.29 is 5.11 Å². The van der Waals surface area contributed by atoms with Crippen molar-refractivity contribution in [2.75, 3.05) is 0 Å². The van der Waals surface area contributed by atoms with E-state index in [1.54, 1.807) is 6.07 Å². The molecule has 1 aromatic heterocycles. The molecule has 0 radical (unpaired) electrons. The van der Waals surface area contributed by atoms with Crippen LogP contribution >= 0.6 is 0 Å². The van der Waals surface area contributed by atoms with E-state index in [4.69, 9.17) is 0 Å². The molecule has 0 amide bonds. The van der Waals surface area contributed by atoms with Gasteiger partial charge in [0.2, 0.25) is 0 Å². The lowest BCUT2D eigenvalue weighted by Gasteiger charge is -2.34. The summed E-state index contributed by atoms with van der Waals surface area (Å²) in [6, 6.07) is 51.3. The Bertz CT molecular complexity index is 2240. The van der Waals surface area contributed by atoms with Crippen LogP contribution in [0.4, 0.5) is 0 Å². The van der Waals surface area contributed by atoms with Gasteiger partial charge in [0.15, 0.2) is 0 Å². The monoisotopic (exact) mass is 591 g/mol. The van der Waals surface area contributed by atoms with E-state index in [1.165, 1.54) is 22.1 Å². The van der Waals surface area contributed by atoms with E-state index >= 15 is 0 Å². The van der Waals surface area contributed by atoms with E-state index in [1.807, 2.05) is 18.2 Å². The summed E-state index contributed by atoms with van der Waals surface area (Å²) in [7, 11) is 0. The summed E-state index contributed by atoms with van der Waals surface area (Å²) in [5, 5.41) is 12.5. The van der Waals surface area contributed by atoms with Gasteiger partial charge in [-0.05, 0) is 88.3 Å². The van der Waals surface area contributed by atoms with Crippen molar-refractivity contribution in [1.29, 1.82) is 0 Å². The lowest BCUT2D eigenvalue weighted by molar-refractivity contribution is 0.477. The molecule has 8 rings (SSSR count). The van der Waals surface area contributed by atoms with Crippen LogP contribution < -0.4 is 0 Å². The largest absolute Gasteiger partial charge is 0.507 e. The highest BCUT2D eigenvalue weighted by Crippen LogP contribution is 2.58. The zero-order valence-electron chi connectivity index (χ0n) is 25.7. The van der Waals surface area contributed by atoms with Crippen LogP contribution in [0.2, 0.25) is 0 Å². The Hall–Kier alpha value is -5.86. The molecule has 1 N–H and O–H groups in total. The summed E-state index contributed by atoms with van der Waals surface area (Å²) < 4.78 is 2.29. The Morgan fingerprint density at radius 2 is 1.28 bits per heavy atom. The molecule has 1 heterocycles. The smallest absolute Gasteiger partial charge is 0.123 e. The van der Waals surface area contributed by atoms with Crippen LogP contribution in [-0.4, -0.2) is 9.67 Å². The van der Waals surface area contributed by atoms with E-state index in [9.17, 15) is 5.11 Å². The number of aromatic nitrogens is 1. The van der Waals surface area contributed by atoms with Gasteiger partial charge in [0.25, 0.3) is 0 Å². The van der Waals surface area contributed by atoms with Crippen LogP contribution in [-0.2, 0) is 5.41 Å². The predicted octanol–water partition coefficient (Wildman–Crippen LogP) is 11.0.